The first kappa shape index (κ1) is 16.2. The molecule has 1 unspecified atom stereocenters. The van der Waals surface area contributed by atoms with E-state index in [0.717, 1.165) is 5.56 Å². The quantitative estimate of drug-likeness (QED) is 0.726. The molecular weight excluding hydrogens is 272 g/mol. The van der Waals surface area contributed by atoms with Crippen LogP contribution in [-0.2, 0) is 4.79 Å². The molecule has 0 saturated carbocycles. The molecule has 0 spiro atoms. The van der Waals surface area contributed by atoms with Gasteiger partial charge in [-0.1, -0.05) is 74.5 Å². The monoisotopic (exact) mass is 294 g/mol. The maximum atomic E-state index is 12.6. The SMILES string of the molecule is CC(=O)C(C)(C)C(CC(=O)c1ccccc1)c1ccccc1. The lowest BCUT2D eigenvalue weighted by atomic mass is 9.70. The van der Waals surface area contributed by atoms with Gasteiger partial charge in [-0.3, -0.25) is 9.59 Å². The maximum absolute atomic E-state index is 12.6. The number of ketones is 2. The second-order valence-electron chi connectivity index (χ2n) is 6.23. The first-order valence-electron chi connectivity index (χ1n) is 7.57. The van der Waals surface area contributed by atoms with Gasteiger partial charge in [0.05, 0.1) is 0 Å². The van der Waals surface area contributed by atoms with E-state index < -0.39 is 5.41 Å². The summed E-state index contributed by atoms with van der Waals surface area (Å²) in [6.07, 6.45) is 0.334. The Balaban J connectivity index is 2.34. The molecule has 2 aromatic rings. The molecule has 0 aliphatic carbocycles. The summed E-state index contributed by atoms with van der Waals surface area (Å²) in [6.45, 7) is 5.44. The molecule has 2 rings (SSSR count). The van der Waals surface area contributed by atoms with Gasteiger partial charge in [0.2, 0.25) is 0 Å². The Morgan fingerprint density at radius 1 is 0.909 bits per heavy atom. The number of hydrogen-bond acceptors (Lipinski definition) is 2. The third kappa shape index (κ3) is 3.51. The predicted octanol–water partition coefficient (Wildman–Crippen LogP) is 4.66. The van der Waals surface area contributed by atoms with Gasteiger partial charge in [0.15, 0.2) is 5.78 Å². The van der Waals surface area contributed by atoms with E-state index in [-0.39, 0.29) is 17.5 Å². The van der Waals surface area contributed by atoms with E-state index in [0.29, 0.717) is 12.0 Å². The highest BCUT2D eigenvalue weighted by atomic mass is 16.1. The van der Waals surface area contributed by atoms with Crippen LogP contribution in [0.2, 0.25) is 0 Å². The molecular formula is C20H22O2. The highest BCUT2D eigenvalue weighted by molar-refractivity contribution is 5.97. The van der Waals surface area contributed by atoms with E-state index in [4.69, 9.17) is 0 Å². The number of benzene rings is 2. The number of carbonyl (C=O) groups excluding carboxylic acids is 2. The van der Waals surface area contributed by atoms with Crippen LogP contribution in [-0.4, -0.2) is 11.6 Å². The Morgan fingerprint density at radius 3 is 1.91 bits per heavy atom. The smallest absolute Gasteiger partial charge is 0.163 e. The molecule has 2 heteroatoms. The van der Waals surface area contributed by atoms with E-state index >= 15 is 0 Å². The lowest BCUT2D eigenvalue weighted by molar-refractivity contribution is -0.125. The van der Waals surface area contributed by atoms with Crippen molar-refractivity contribution in [2.75, 3.05) is 0 Å². The minimum absolute atomic E-state index is 0.0729. The van der Waals surface area contributed by atoms with Crippen LogP contribution < -0.4 is 0 Å². The van der Waals surface area contributed by atoms with Gasteiger partial charge in [-0.15, -0.1) is 0 Å². The van der Waals surface area contributed by atoms with Crippen LogP contribution in [0.15, 0.2) is 60.7 Å². The zero-order valence-electron chi connectivity index (χ0n) is 13.4. The fourth-order valence-corrected chi connectivity index (χ4v) is 2.65. The number of rotatable bonds is 6. The molecule has 0 saturated heterocycles. The molecule has 22 heavy (non-hydrogen) atoms. The molecule has 2 aromatic carbocycles. The molecule has 0 aliphatic heterocycles. The molecule has 2 nitrogen and oxygen atoms in total. The number of hydrogen-bond donors (Lipinski definition) is 0. The first-order chi connectivity index (χ1) is 10.4. The lowest BCUT2D eigenvalue weighted by Gasteiger charge is -2.32. The first-order valence-corrected chi connectivity index (χ1v) is 7.57. The van der Waals surface area contributed by atoms with Crippen LogP contribution in [0, 0.1) is 5.41 Å². The van der Waals surface area contributed by atoms with Crippen molar-refractivity contribution in [3.63, 3.8) is 0 Å². The molecule has 0 N–H and O–H groups in total. The minimum atomic E-state index is -0.578. The van der Waals surface area contributed by atoms with E-state index in [2.05, 4.69) is 0 Å². The van der Waals surface area contributed by atoms with Crippen molar-refractivity contribution in [3.8, 4) is 0 Å². The molecule has 0 radical (unpaired) electrons. The van der Waals surface area contributed by atoms with Gasteiger partial charge < -0.3 is 0 Å². The summed E-state index contributed by atoms with van der Waals surface area (Å²) >= 11 is 0. The normalized spacial score (nSPS) is 12.7. The average molecular weight is 294 g/mol. The van der Waals surface area contributed by atoms with Crippen molar-refractivity contribution in [1.82, 2.24) is 0 Å². The molecule has 0 fully saturated rings. The summed E-state index contributed by atoms with van der Waals surface area (Å²) in [7, 11) is 0. The van der Waals surface area contributed by atoms with Gasteiger partial charge in [-0.2, -0.15) is 0 Å². The Morgan fingerprint density at radius 2 is 1.41 bits per heavy atom. The van der Waals surface area contributed by atoms with E-state index in [1.54, 1.807) is 6.92 Å². The Hall–Kier alpha value is -2.22. The van der Waals surface area contributed by atoms with Crippen LogP contribution in [0.4, 0.5) is 0 Å². The Kier molecular flexibility index (Phi) is 4.92. The van der Waals surface area contributed by atoms with Crippen molar-refractivity contribution in [3.05, 3.63) is 71.8 Å². The summed E-state index contributed by atoms with van der Waals surface area (Å²) in [6, 6.07) is 19.1. The van der Waals surface area contributed by atoms with Gasteiger partial charge in [0.1, 0.15) is 5.78 Å². The van der Waals surface area contributed by atoms with Gasteiger partial charge in [0.25, 0.3) is 0 Å². The van der Waals surface area contributed by atoms with Gasteiger partial charge >= 0.3 is 0 Å². The van der Waals surface area contributed by atoms with Gasteiger partial charge in [-0.05, 0) is 12.5 Å². The molecule has 0 heterocycles. The van der Waals surface area contributed by atoms with Crippen molar-refractivity contribution in [2.45, 2.75) is 33.1 Å². The Bertz CT molecular complexity index is 642. The van der Waals surface area contributed by atoms with E-state index in [1.807, 2.05) is 74.5 Å². The maximum Gasteiger partial charge on any atom is 0.163 e. The Labute approximate surface area is 132 Å². The second kappa shape index (κ2) is 6.69. The topological polar surface area (TPSA) is 34.1 Å². The largest absolute Gasteiger partial charge is 0.299 e. The second-order valence-corrected chi connectivity index (χ2v) is 6.23. The zero-order chi connectivity index (χ0) is 16.2. The van der Waals surface area contributed by atoms with Gasteiger partial charge in [-0.25, -0.2) is 0 Å². The summed E-state index contributed by atoms with van der Waals surface area (Å²) in [5.74, 6) is 0.0462. The molecule has 0 amide bonds. The van der Waals surface area contributed by atoms with E-state index in [1.165, 1.54) is 0 Å². The molecule has 0 aliphatic rings. The van der Waals surface area contributed by atoms with Crippen LogP contribution in [0.25, 0.3) is 0 Å². The van der Waals surface area contributed by atoms with Gasteiger partial charge in [0, 0.05) is 23.3 Å². The van der Waals surface area contributed by atoms with Crippen molar-refractivity contribution >= 4 is 11.6 Å². The average Bonchev–Trinajstić information content (AvgIpc) is 2.53. The third-order valence-electron chi connectivity index (χ3n) is 4.47. The standard InChI is InChI=1S/C20H22O2/c1-15(21)20(2,3)18(16-10-6-4-7-11-16)14-19(22)17-12-8-5-9-13-17/h4-13,18H,14H2,1-3H3. The highest BCUT2D eigenvalue weighted by Gasteiger charge is 2.36. The molecule has 0 bridgehead atoms. The van der Waals surface area contributed by atoms with Crippen LogP contribution in [0.5, 0.6) is 0 Å². The van der Waals surface area contributed by atoms with E-state index in [9.17, 15) is 9.59 Å². The predicted molar refractivity (Wildman–Crippen MR) is 89.0 cm³/mol. The summed E-state index contributed by atoms with van der Waals surface area (Å²) in [4.78, 5) is 24.7. The summed E-state index contributed by atoms with van der Waals surface area (Å²) < 4.78 is 0. The number of Topliss-reactive ketones (excluding diaryl/α,β-unsaturated/α-hetero) is 2. The fourth-order valence-electron chi connectivity index (χ4n) is 2.65. The van der Waals surface area contributed by atoms with Crippen LogP contribution >= 0.6 is 0 Å². The van der Waals surface area contributed by atoms with Crippen molar-refractivity contribution < 1.29 is 9.59 Å². The fraction of sp³-hybridized carbons (Fsp3) is 0.300. The number of carbonyl (C=O) groups is 2. The molecule has 0 aromatic heterocycles. The minimum Gasteiger partial charge on any atom is -0.299 e. The zero-order valence-corrected chi connectivity index (χ0v) is 13.4. The highest BCUT2D eigenvalue weighted by Crippen LogP contribution is 2.39. The van der Waals surface area contributed by atoms with Crippen LogP contribution in [0.1, 0.15) is 49.0 Å². The van der Waals surface area contributed by atoms with Crippen LogP contribution in [0.3, 0.4) is 0 Å². The van der Waals surface area contributed by atoms with Crippen molar-refractivity contribution in [1.29, 1.82) is 0 Å². The third-order valence-corrected chi connectivity index (χ3v) is 4.47. The molecule has 114 valence electrons. The van der Waals surface area contributed by atoms with Crippen molar-refractivity contribution in [2.24, 2.45) is 5.41 Å². The lowest BCUT2D eigenvalue weighted by Crippen LogP contribution is -2.31. The summed E-state index contributed by atoms with van der Waals surface area (Å²) in [5, 5.41) is 0. The molecule has 1 atom stereocenters. The summed E-state index contributed by atoms with van der Waals surface area (Å²) in [5.41, 5.74) is 1.15.